The van der Waals surface area contributed by atoms with E-state index in [1.165, 1.54) is 5.56 Å². The van der Waals surface area contributed by atoms with E-state index in [-0.39, 0.29) is 11.9 Å². The molecule has 4 rings (SSSR count). The molecule has 1 fully saturated rings. The van der Waals surface area contributed by atoms with Gasteiger partial charge in [-0.25, -0.2) is 0 Å². The highest BCUT2D eigenvalue weighted by Gasteiger charge is 2.26. The minimum Gasteiger partial charge on any atom is -0.338 e. The van der Waals surface area contributed by atoms with Crippen LogP contribution >= 0.6 is 0 Å². The molecule has 0 aliphatic carbocycles. The van der Waals surface area contributed by atoms with Gasteiger partial charge < -0.3 is 9.84 Å². The highest BCUT2D eigenvalue weighted by atomic mass is 16.5. The number of amides is 1. The van der Waals surface area contributed by atoms with Gasteiger partial charge in [0.1, 0.15) is 0 Å². The molecule has 168 valence electrons. The number of aryl methyl sites for hydroxylation is 3. The predicted molar refractivity (Wildman–Crippen MR) is 125 cm³/mol. The third kappa shape index (κ3) is 5.23. The molecule has 1 aromatic heterocycles. The lowest BCUT2D eigenvalue weighted by atomic mass is 10.1. The fourth-order valence-electron chi connectivity index (χ4n) is 3.91. The van der Waals surface area contributed by atoms with Crippen LogP contribution in [0.2, 0.25) is 0 Å². The van der Waals surface area contributed by atoms with E-state index in [2.05, 4.69) is 38.2 Å². The van der Waals surface area contributed by atoms with E-state index in [0.717, 1.165) is 48.6 Å². The molecule has 7 heteroatoms. The first kappa shape index (κ1) is 22.2. The Labute approximate surface area is 189 Å². The zero-order chi connectivity index (χ0) is 22.7. The first-order valence-electron chi connectivity index (χ1n) is 11.1. The Balaban J connectivity index is 1.29. The number of hydrogen-bond donors (Lipinski definition) is 1. The molecule has 3 aromatic rings. The van der Waals surface area contributed by atoms with E-state index in [1.54, 1.807) is 0 Å². The highest BCUT2D eigenvalue weighted by Crippen LogP contribution is 2.19. The van der Waals surface area contributed by atoms with Crippen LogP contribution in [0.25, 0.3) is 11.4 Å². The molecule has 1 N–H and O–H groups in total. The quantitative estimate of drug-likeness (QED) is 0.637. The minimum absolute atomic E-state index is 0.0341. The maximum Gasteiger partial charge on any atom is 0.241 e. The van der Waals surface area contributed by atoms with Gasteiger partial charge >= 0.3 is 0 Å². The second kappa shape index (κ2) is 9.63. The molecule has 7 nitrogen and oxygen atoms in total. The Hall–Kier alpha value is -3.03. The molecule has 1 amide bonds. The Morgan fingerprint density at radius 1 is 1.03 bits per heavy atom. The molecule has 0 radical (unpaired) electrons. The van der Waals surface area contributed by atoms with E-state index < -0.39 is 0 Å². The van der Waals surface area contributed by atoms with Crippen LogP contribution in [0.5, 0.6) is 0 Å². The number of piperazine rings is 1. The van der Waals surface area contributed by atoms with E-state index in [4.69, 9.17) is 4.52 Å². The Morgan fingerprint density at radius 3 is 2.44 bits per heavy atom. The maximum absolute atomic E-state index is 12.8. The number of nitrogens with zero attached hydrogens (tertiary/aromatic N) is 4. The lowest BCUT2D eigenvalue weighted by Gasteiger charge is -2.36. The molecule has 0 spiro atoms. The zero-order valence-electron chi connectivity index (χ0n) is 19.3. The first-order chi connectivity index (χ1) is 15.4. The SMILES string of the molecule is Cc1ccc(-c2noc(CN3CCN(C(C)C(=O)Nc4cc(C)ccc4C)CC3)n2)cc1. The average molecular weight is 434 g/mol. The number of benzene rings is 2. The largest absolute Gasteiger partial charge is 0.338 e. The van der Waals surface area contributed by atoms with Gasteiger partial charge in [-0.05, 0) is 44.9 Å². The fraction of sp³-hybridized carbons (Fsp3) is 0.400. The first-order valence-corrected chi connectivity index (χ1v) is 11.1. The summed E-state index contributed by atoms with van der Waals surface area (Å²) < 4.78 is 5.47. The van der Waals surface area contributed by atoms with Crippen molar-refractivity contribution < 1.29 is 9.32 Å². The second-order valence-electron chi connectivity index (χ2n) is 8.67. The maximum atomic E-state index is 12.8. The smallest absolute Gasteiger partial charge is 0.241 e. The van der Waals surface area contributed by atoms with Crippen molar-refractivity contribution in [1.29, 1.82) is 0 Å². The van der Waals surface area contributed by atoms with Gasteiger partial charge in [-0.3, -0.25) is 14.6 Å². The molecule has 1 aliphatic rings. The van der Waals surface area contributed by atoms with Gasteiger partial charge in [0.05, 0.1) is 12.6 Å². The summed E-state index contributed by atoms with van der Waals surface area (Å²) in [4.78, 5) is 21.9. The Bertz CT molecular complexity index is 1070. The van der Waals surface area contributed by atoms with Crippen LogP contribution in [0.4, 0.5) is 5.69 Å². The Morgan fingerprint density at radius 2 is 1.72 bits per heavy atom. The molecule has 0 bridgehead atoms. The Kier molecular flexibility index (Phi) is 6.67. The molecular weight excluding hydrogens is 402 g/mol. The van der Waals surface area contributed by atoms with Gasteiger partial charge in [0.2, 0.25) is 17.6 Å². The predicted octanol–water partition coefficient (Wildman–Crippen LogP) is 3.81. The van der Waals surface area contributed by atoms with Crippen LogP contribution in [0.15, 0.2) is 47.0 Å². The number of aromatic nitrogens is 2. The zero-order valence-corrected chi connectivity index (χ0v) is 19.3. The van der Waals surface area contributed by atoms with Crippen molar-refractivity contribution in [2.75, 3.05) is 31.5 Å². The van der Waals surface area contributed by atoms with Gasteiger partial charge in [-0.15, -0.1) is 0 Å². The normalized spacial score (nSPS) is 16.1. The van der Waals surface area contributed by atoms with Gasteiger partial charge in [-0.1, -0.05) is 47.1 Å². The molecule has 1 saturated heterocycles. The molecule has 1 aliphatic heterocycles. The molecular formula is C25H31N5O2. The topological polar surface area (TPSA) is 74.5 Å². The number of carbonyl (C=O) groups is 1. The van der Waals surface area contributed by atoms with Gasteiger partial charge in [0.15, 0.2) is 0 Å². The number of carbonyl (C=O) groups excluding carboxylic acids is 1. The summed E-state index contributed by atoms with van der Waals surface area (Å²) in [5, 5.41) is 7.22. The van der Waals surface area contributed by atoms with E-state index in [0.29, 0.717) is 18.3 Å². The lowest BCUT2D eigenvalue weighted by Crippen LogP contribution is -2.52. The molecule has 2 heterocycles. The molecule has 1 atom stereocenters. The number of anilines is 1. The second-order valence-corrected chi connectivity index (χ2v) is 8.67. The van der Waals surface area contributed by atoms with Crippen molar-refractivity contribution in [2.45, 2.75) is 40.3 Å². The molecule has 1 unspecified atom stereocenters. The van der Waals surface area contributed by atoms with E-state index in [1.807, 2.05) is 57.2 Å². The number of rotatable bonds is 6. The summed E-state index contributed by atoms with van der Waals surface area (Å²) in [6.45, 7) is 12.0. The van der Waals surface area contributed by atoms with Crippen LogP contribution in [-0.4, -0.2) is 58.1 Å². The van der Waals surface area contributed by atoms with Crippen molar-refractivity contribution in [1.82, 2.24) is 19.9 Å². The van der Waals surface area contributed by atoms with Crippen LogP contribution in [0, 0.1) is 20.8 Å². The van der Waals surface area contributed by atoms with E-state index in [9.17, 15) is 4.79 Å². The summed E-state index contributed by atoms with van der Waals surface area (Å²) in [5.41, 5.74) is 5.26. The van der Waals surface area contributed by atoms with Crippen molar-refractivity contribution in [3.63, 3.8) is 0 Å². The number of nitrogens with one attached hydrogen (secondary N) is 1. The van der Waals surface area contributed by atoms with Crippen LogP contribution in [0.1, 0.15) is 29.5 Å². The van der Waals surface area contributed by atoms with Gasteiger partial charge in [0, 0.05) is 37.4 Å². The number of hydrogen-bond acceptors (Lipinski definition) is 6. The van der Waals surface area contributed by atoms with Gasteiger partial charge in [0.25, 0.3) is 0 Å². The van der Waals surface area contributed by atoms with Crippen LogP contribution < -0.4 is 5.32 Å². The summed E-state index contributed by atoms with van der Waals surface area (Å²) in [7, 11) is 0. The van der Waals surface area contributed by atoms with Crippen LogP contribution in [-0.2, 0) is 11.3 Å². The van der Waals surface area contributed by atoms with Crippen molar-refractivity contribution >= 4 is 11.6 Å². The summed E-state index contributed by atoms with van der Waals surface area (Å²) in [6.07, 6.45) is 0. The van der Waals surface area contributed by atoms with E-state index >= 15 is 0 Å². The fourth-order valence-corrected chi connectivity index (χ4v) is 3.91. The minimum atomic E-state index is -0.186. The molecule has 0 saturated carbocycles. The summed E-state index contributed by atoms with van der Waals surface area (Å²) in [6, 6.07) is 14.0. The third-order valence-corrected chi connectivity index (χ3v) is 6.12. The standard InChI is InChI=1S/C25H31N5O2/c1-17-6-9-21(10-7-17)24-27-23(32-28-24)16-29-11-13-30(14-12-29)20(4)25(31)26-22-15-18(2)5-8-19(22)3/h5-10,15,20H,11-14,16H2,1-4H3,(H,26,31). The summed E-state index contributed by atoms with van der Waals surface area (Å²) in [5.74, 6) is 1.27. The van der Waals surface area contributed by atoms with Crippen LogP contribution in [0.3, 0.4) is 0 Å². The monoisotopic (exact) mass is 433 g/mol. The van der Waals surface area contributed by atoms with Crippen molar-refractivity contribution in [3.8, 4) is 11.4 Å². The lowest BCUT2D eigenvalue weighted by molar-refractivity contribution is -0.121. The van der Waals surface area contributed by atoms with Crippen molar-refractivity contribution in [2.24, 2.45) is 0 Å². The molecule has 2 aromatic carbocycles. The van der Waals surface area contributed by atoms with Gasteiger partial charge in [-0.2, -0.15) is 4.98 Å². The highest BCUT2D eigenvalue weighted by molar-refractivity contribution is 5.95. The molecule has 32 heavy (non-hydrogen) atoms. The summed E-state index contributed by atoms with van der Waals surface area (Å²) >= 11 is 0. The third-order valence-electron chi connectivity index (χ3n) is 6.12. The van der Waals surface area contributed by atoms with Crippen molar-refractivity contribution in [3.05, 3.63) is 65.0 Å². The average Bonchev–Trinajstić information content (AvgIpc) is 3.25.